The smallest absolute Gasteiger partial charge is 0.356 e. The van der Waals surface area contributed by atoms with Crippen molar-refractivity contribution < 1.29 is 9.53 Å². The van der Waals surface area contributed by atoms with Crippen LogP contribution in [0.15, 0.2) is 18.2 Å². The van der Waals surface area contributed by atoms with Gasteiger partial charge in [0.05, 0.1) is 7.11 Å². The van der Waals surface area contributed by atoms with Crippen LogP contribution in [0.4, 0.5) is 5.82 Å². The summed E-state index contributed by atoms with van der Waals surface area (Å²) < 4.78 is 4.70. The fourth-order valence-corrected chi connectivity index (χ4v) is 2.37. The topological polar surface area (TPSA) is 54.5 Å². The zero-order valence-electron chi connectivity index (χ0n) is 11.6. The number of hydrogen-bond acceptors (Lipinski definition) is 5. The van der Waals surface area contributed by atoms with Gasteiger partial charge in [-0.3, -0.25) is 0 Å². The molecule has 0 saturated carbocycles. The molecule has 0 amide bonds. The molecule has 0 aromatic carbocycles. The van der Waals surface area contributed by atoms with Crippen LogP contribution in [0, 0.1) is 5.92 Å². The van der Waals surface area contributed by atoms with Crippen molar-refractivity contribution in [3.63, 3.8) is 0 Å². The Bertz CT molecular complexity index is 436. The molecule has 1 aliphatic heterocycles. The average Bonchev–Trinajstić information content (AvgIpc) is 2.93. The van der Waals surface area contributed by atoms with Crippen LogP contribution < -0.4 is 10.2 Å². The van der Waals surface area contributed by atoms with Crippen LogP contribution in [0.2, 0.25) is 0 Å². The number of hydrogen-bond donors (Lipinski definition) is 1. The van der Waals surface area contributed by atoms with Crippen molar-refractivity contribution in [3.05, 3.63) is 23.9 Å². The van der Waals surface area contributed by atoms with Gasteiger partial charge in [-0.05, 0) is 37.6 Å². The van der Waals surface area contributed by atoms with Gasteiger partial charge in [0.15, 0.2) is 5.69 Å². The van der Waals surface area contributed by atoms with Gasteiger partial charge in [-0.1, -0.05) is 13.0 Å². The summed E-state index contributed by atoms with van der Waals surface area (Å²) in [7, 11) is 1.37. The van der Waals surface area contributed by atoms with Crippen molar-refractivity contribution in [2.24, 2.45) is 5.92 Å². The van der Waals surface area contributed by atoms with Crippen LogP contribution >= 0.6 is 0 Å². The number of nitrogens with zero attached hydrogens (tertiary/aromatic N) is 2. The standard InChI is InChI=1S/C14H21N3O2/c1-3-15-9-11-7-8-17(10-11)13-6-4-5-12(16-13)14(18)19-2/h4-6,11,15H,3,7-10H2,1-2H3. The highest BCUT2D eigenvalue weighted by molar-refractivity contribution is 5.87. The molecule has 19 heavy (non-hydrogen) atoms. The second-order valence-electron chi connectivity index (χ2n) is 4.78. The van der Waals surface area contributed by atoms with Crippen LogP contribution in [-0.4, -0.2) is 44.2 Å². The first-order valence-electron chi connectivity index (χ1n) is 6.75. The van der Waals surface area contributed by atoms with Crippen LogP contribution in [0.1, 0.15) is 23.8 Å². The zero-order valence-corrected chi connectivity index (χ0v) is 11.6. The van der Waals surface area contributed by atoms with Crippen molar-refractivity contribution in [1.82, 2.24) is 10.3 Å². The van der Waals surface area contributed by atoms with E-state index in [-0.39, 0.29) is 5.97 Å². The third-order valence-electron chi connectivity index (χ3n) is 3.42. The molecule has 5 heteroatoms. The van der Waals surface area contributed by atoms with E-state index in [0.717, 1.165) is 38.4 Å². The third-order valence-corrected chi connectivity index (χ3v) is 3.42. The molecule has 0 spiro atoms. The summed E-state index contributed by atoms with van der Waals surface area (Å²) in [6, 6.07) is 5.48. The third kappa shape index (κ3) is 3.44. The maximum Gasteiger partial charge on any atom is 0.356 e. The number of nitrogens with one attached hydrogen (secondary N) is 1. The lowest BCUT2D eigenvalue weighted by atomic mass is 10.1. The molecule has 1 saturated heterocycles. The van der Waals surface area contributed by atoms with Crippen molar-refractivity contribution in [1.29, 1.82) is 0 Å². The van der Waals surface area contributed by atoms with Crippen LogP contribution in [0.3, 0.4) is 0 Å². The molecular weight excluding hydrogens is 242 g/mol. The molecule has 1 fully saturated rings. The Hall–Kier alpha value is -1.62. The first-order valence-corrected chi connectivity index (χ1v) is 6.75. The summed E-state index contributed by atoms with van der Waals surface area (Å²) in [4.78, 5) is 18.1. The molecule has 1 unspecified atom stereocenters. The molecule has 0 bridgehead atoms. The summed E-state index contributed by atoms with van der Waals surface area (Å²) in [6.07, 6.45) is 1.16. The first kappa shape index (κ1) is 13.8. The number of ether oxygens (including phenoxy) is 1. The SMILES string of the molecule is CCNCC1CCN(c2cccc(C(=O)OC)n2)C1. The predicted octanol–water partition coefficient (Wildman–Crippen LogP) is 1.30. The lowest BCUT2D eigenvalue weighted by Gasteiger charge is -2.18. The van der Waals surface area contributed by atoms with E-state index >= 15 is 0 Å². The van der Waals surface area contributed by atoms with Gasteiger partial charge in [-0.25, -0.2) is 9.78 Å². The van der Waals surface area contributed by atoms with Gasteiger partial charge >= 0.3 is 5.97 Å². The number of pyridine rings is 1. The number of carbonyl (C=O) groups excluding carboxylic acids is 1. The molecule has 1 atom stereocenters. The number of esters is 1. The number of rotatable bonds is 5. The van der Waals surface area contributed by atoms with Gasteiger partial charge in [-0.15, -0.1) is 0 Å². The average molecular weight is 263 g/mol. The van der Waals surface area contributed by atoms with E-state index in [0.29, 0.717) is 11.6 Å². The lowest BCUT2D eigenvalue weighted by Crippen LogP contribution is -2.26. The van der Waals surface area contributed by atoms with E-state index in [1.807, 2.05) is 12.1 Å². The van der Waals surface area contributed by atoms with E-state index < -0.39 is 0 Å². The quantitative estimate of drug-likeness (QED) is 0.812. The van der Waals surface area contributed by atoms with E-state index in [2.05, 4.69) is 22.1 Å². The fourth-order valence-electron chi connectivity index (χ4n) is 2.37. The summed E-state index contributed by atoms with van der Waals surface area (Å²) >= 11 is 0. The van der Waals surface area contributed by atoms with Gasteiger partial charge in [0.1, 0.15) is 5.82 Å². The summed E-state index contributed by atoms with van der Waals surface area (Å²) in [5.74, 6) is 1.13. The number of methoxy groups -OCH3 is 1. The largest absolute Gasteiger partial charge is 0.464 e. The Labute approximate surface area is 114 Å². The van der Waals surface area contributed by atoms with Crippen LogP contribution in [0.25, 0.3) is 0 Å². The van der Waals surface area contributed by atoms with Gasteiger partial charge in [-0.2, -0.15) is 0 Å². The van der Waals surface area contributed by atoms with Crippen LogP contribution in [-0.2, 0) is 4.74 Å². The molecule has 1 aliphatic rings. The molecule has 2 rings (SSSR count). The fraction of sp³-hybridized carbons (Fsp3) is 0.571. The molecule has 2 heterocycles. The summed E-state index contributed by atoms with van der Waals surface area (Å²) in [6.45, 7) is 6.16. The Morgan fingerprint density at radius 2 is 2.42 bits per heavy atom. The van der Waals surface area contributed by atoms with Crippen LogP contribution in [0.5, 0.6) is 0 Å². The number of aromatic nitrogens is 1. The maximum absolute atomic E-state index is 11.5. The number of anilines is 1. The molecular formula is C14H21N3O2. The lowest BCUT2D eigenvalue weighted by molar-refractivity contribution is 0.0594. The Morgan fingerprint density at radius 3 is 3.16 bits per heavy atom. The van der Waals surface area contributed by atoms with Crippen molar-refractivity contribution in [3.8, 4) is 0 Å². The molecule has 104 valence electrons. The van der Waals surface area contributed by atoms with E-state index in [1.54, 1.807) is 6.07 Å². The molecule has 0 radical (unpaired) electrons. The minimum absolute atomic E-state index is 0.370. The van der Waals surface area contributed by atoms with Crippen molar-refractivity contribution in [2.75, 3.05) is 38.2 Å². The highest BCUT2D eigenvalue weighted by atomic mass is 16.5. The van der Waals surface area contributed by atoms with Gasteiger partial charge in [0, 0.05) is 13.1 Å². The molecule has 1 aromatic rings. The Balaban J connectivity index is 2.01. The minimum atomic E-state index is -0.384. The second kappa shape index (κ2) is 6.52. The zero-order chi connectivity index (χ0) is 13.7. The molecule has 1 aromatic heterocycles. The van der Waals surface area contributed by atoms with Gasteiger partial charge < -0.3 is 15.0 Å². The van der Waals surface area contributed by atoms with Crippen molar-refractivity contribution >= 4 is 11.8 Å². The highest BCUT2D eigenvalue weighted by Gasteiger charge is 2.23. The molecule has 0 aliphatic carbocycles. The van der Waals surface area contributed by atoms with E-state index in [1.165, 1.54) is 7.11 Å². The Kier molecular flexibility index (Phi) is 4.74. The van der Waals surface area contributed by atoms with Gasteiger partial charge in [0.25, 0.3) is 0 Å². The number of carbonyl (C=O) groups is 1. The second-order valence-corrected chi connectivity index (χ2v) is 4.78. The van der Waals surface area contributed by atoms with Gasteiger partial charge in [0.2, 0.25) is 0 Å². The monoisotopic (exact) mass is 263 g/mol. The predicted molar refractivity (Wildman–Crippen MR) is 74.4 cm³/mol. The van der Waals surface area contributed by atoms with E-state index in [9.17, 15) is 4.79 Å². The summed E-state index contributed by atoms with van der Waals surface area (Å²) in [5, 5.41) is 3.38. The first-order chi connectivity index (χ1) is 9.24. The molecule has 1 N–H and O–H groups in total. The normalized spacial score (nSPS) is 18.6. The summed E-state index contributed by atoms with van der Waals surface area (Å²) in [5.41, 5.74) is 0.370. The van der Waals surface area contributed by atoms with Crippen molar-refractivity contribution in [2.45, 2.75) is 13.3 Å². The maximum atomic E-state index is 11.5. The molecule has 5 nitrogen and oxygen atoms in total. The minimum Gasteiger partial charge on any atom is -0.464 e. The highest BCUT2D eigenvalue weighted by Crippen LogP contribution is 2.22. The van der Waals surface area contributed by atoms with E-state index in [4.69, 9.17) is 4.74 Å². The Morgan fingerprint density at radius 1 is 1.58 bits per heavy atom.